The second-order valence-corrected chi connectivity index (χ2v) is 5.19. The van der Waals surface area contributed by atoms with Gasteiger partial charge >= 0.3 is 5.88 Å². The first kappa shape index (κ1) is 12.9. The van der Waals surface area contributed by atoms with E-state index in [1.54, 1.807) is 0 Å². The molecular formula is C14H21N2O2+. The summed E-state index contributed by atoms with van der Waals surface area (Å²) in [6.07, 6.45) is 1.99. The van der Waals surface area contributed by atoms with E-state index in [1.807, 2.05) is 37.1 Å². The quantitative estimate of drug-likeness (QED) is 0.750. The minimum absolute atomic E-state index is 0.00339. The van der Waals surface area contributed by atoms with Gasteiger partial charge in [-0.1, -0.05) is 13.8 Å². The Morgan fingerprint density at radius 2 is 2.11 bits per heavy atom. The SMILES string of the molecule is CC(C)C(=O)N1CCOc2c1ccc[n+]2C(C)C. The van der Waals surface area contributed by atoms with Gasteiger partial charge in [0.2, 0.25) is 5.91 Å². The zero-order chi connectivity index (χ0) is 13.3. The van der Waals surface area contributed by atoms with Crippen molar-refractivity contribution in [2.24, 2.45) is 5.92 Å². The molecule has 1 amide bonds. The van der Waals surface area contributed by atoms with Crippen molar-refractivity contribution in [2.45, 2.75) is 33.7 Å². The van der Waals surface area contributed by atoms with E-state index >= 15 is 0 Å². The van der Waals surface area contributed by atoms with Gasteiger partial charge in [-0.3, -0.25) is 4.79 Å². The number of nitrogens with zero attached hydrogens (tertiary/aromatic N) is 2. The number of anilines is 1. The van der Waals surface area contributed by atoms with E-state index < -0.39 is 0 Å². The smallest absolute Gasteiger partial charge is 0.392 e. The maximum atomic E-state index is 12.2. The number of carbonyl (C=O) groups is 1. The van der Waals surface area contributed by atoms with E-state index in [2.05, 4.69) is 18.4 Å². The lowest BCUT2D eigenvalue weighted by molar-refractivity contribution is -0.720. The van der Waals surface area contributed by atoms with Crippen molar-refractivity contribution < 1.29 is 14.1 Å². The van der Waals surface area contributed by atoms with Crippen LogP contribution in [0.15, 0.2) is 18.3 Å². The number of rotatable bonds is 2. The van der Waals surface area contributed by atoms with Crippen LogP contribution in [0.5, 0.6) is 5.88 Å². The number of carbonyl (C=O) groups excluding carboxylic acids is 1. The zero-order valence-electron chi connectivity index (χ0n) is 11.5. The standard InChI is InChI=1S/C14H21N2O2/c1-10(2)13(17)16-8-9-18-14-12(16)6-5-7-15(14)11(3)4/h5-7,10-11H,8-9H2,1-4H3/q+1. The predicted octanol–water partition coefficient (Wildman–Crippen LogP) is 1.94. The first-order valence-electron chi connectivity index (χ1n) is 6.50. The van der Waals surface area contributed by atoms with Crippen LogP contribution in [-0.2, 0) is 4.79 Å². The highest BCUT2D eigenvalue weighted by Gasteiger charge is 2.32. The second kappa shape index (κ2) is 4.96. The van der Waals surface area contributed by atoms with Gasteiger partial charge in [-0.15, -0.1) is 0 Å². The fourth-order valence-corrected chi connectivity index (χ4v) is 2.15. The van der Waals surface area contributed by atoms with Gasteiger partial charge in [-0.2, -0.15) is 4.57 Å². The summed E-state index contributed by atoms with van der Waals surface area (Å²) >= 11 is 0. The van der Waals surface area contributed by atoms with Gasteiger partial charge in [0.1, 0.15) is 6.61 Å². The highest BCUT2D eigenvalue weighted by Crippen LogP contribution is 2.29. The number of hydrogen-bond acceptors (Lipinski definition) is 2. The van der Waals surface area contributed by atoms with Crippen molar-refractivity contribution in [1.29, 1.82) is 0 Å². The fourth-order valence-electron chi connectivity index (χ4n) is 2.15. The molecule has 1 aromatic rings. The summed E-state index contributed by atoms with van der Waals surface area (Å²) in [7, 11) is 0. The molecule has 0 aliphatic carbocycles. The van der Waals surface area contributed by atoms with Crippen LogP contribution in [0.25, 0.3) is 0 Å². The van der Waals surface area contributed by atoms with Crippen molar-refractivity contribution in [3.8, 4) is 5.88 Å². The first-order chi connectivity index (χ1) is 8.52. The van der Waals surface area contributed by atoms with Crippen LogP contribution in [0.2, 0.25) is 0 Å². The third-order valence-corrected chi connectivity index (χ3v) is 3.12. The molecule has 1 aliphatic rings. The lowest BCUT2D eigenvalue weighted by Gasteiger charge is -2.28. The zero-order valence-corrected chi connectivity index (χ0v) is 11.5. The number of pyridine rings is 1. The molecular weight excluding hydrogens is 228 g/mol. The Morgan fingerprint density at radius 1 is 1.39 bits per heavy atom. The predicted molar refractivity (Wildman–Crippen MR) is 69.7 cm³/mol. The molecule has 0 unspecified atom stereocenters. The van der Waals surface area contributed by atoms with E-state index in [0.717, 1.165) is 11.6 Å². The van der Waals surface area contributed by atoms with Gasteiger partial charge in [0.15, 0.2) is 17.9 Å². The Labute approximate surface area is 108 Å². The Hall–Kier alpha value is -1.58. The Bertz CT molecular complexity index is 455. The van der Waals surface area contributed by atoms with E-state index in [4.69, 9.17) is 4.74 Å². The molecule has 0 saturated heterocycles. The summed E-state index contributed by atoms with van der Waals surface area (Å²) in [5, 5.41) is 0. The van der Waals surface area contributed by atoms with Crippen molar-refractivity contribution >= 4 is 11.6 Å². The van der Waals surface area contributed by atoms with E-state index in [1.165, 1.54) is 0 Å². The molecule has 0 atom stereocenters. The number of amides is 1. The molecule has 2 heterocycles. The average molecular weight is 249 g/mol. The molecule has 4 heteroatoms. The van der Waals surface area contributed by atoms with Crippen molar-refractivity contribution in [1.82, 2.24) is 0 Å². The molecule has 0 radical (unpaired) electrons. The van der Waals surface area contributed by atoms with Gasteiger partial charge in [0.05, 0.1) is 6.54 Å². The van der Waals surface area contributed by atoms with E-state index in [-0.39, 0.29) is 11.8 Å². The molecule has 0 bridgehead atoms. The van der Waals surface area contributed by atoms with Gasteiger partial charge < -0.3 is 9.64 Å². The number of ether oxygens (including phenoxy) is 1. The number of fused-ring (bicyclic) bond motifs is 1. The van der Waals surface area contributed by atoms with Gasteiger partial charge in [-0.05, 0) is 19.9 Å². The summed E-state index contributed by atoms with van der Waals surface area (Å²) in [6.45, 7) is 9.25. The minimum Gasteiger partial charge on any atom is -0.441 e. The summed E-state index contributed by atoms with van der Waals surface area (Å²) in [5.74, 6) is 0.956. The molecule has 0 spiro atoms. The molecule has 0 N–H and O–H groups in total. The van der Waals surface area contributed by atoms with E-state index in [0.29, 0.717) is 19.2 Å². The molecule has 0 fully saturated rings. The minimum atomic E-state index is 0.00339. The molecule has 1 aromatic heterocycles. The summed E-state index contributed by atoms with van der Waals surface area (Å²) < 4.78 is 7.81. The van der Waals surface area contributed by atoms with E-state index in [9.17, 15) is 4.79 Å². The molecule has 0 aromatic carbocycles. The Balaban J connectivity index is 2.44. The van der Waals surface area contributed by atoms with Crippen LogP contribution in [0, 0.1) is 5.92 Å². The van der Waals surface area contributed by atoms with Crippen molar-refractivity contribution in [3.63, 3.8) is 0 Å². The Kier molecular flexibility index (Phi) is 3.55. The second-order valence-electron chi connectivity index (χ2n) is 5.19. The Morgan fingerprint density at radius 3 is 2.72 bits per heavy atom. The van der Waals surface area contributed by atoms with Crippen molar-refractivity contribution in [3.05, 3.63) is 18.3 Å². The maximum absolute atomic E-state index is 12.2. The van der Waals surface area contributed by atoms with Crippen LogP contribution >= 0.6 is 0 Å². The topological polar surface area (TPSA) is 33.4 Å². The molecule has 2 rings (SSSR count). The molecule has 98 valence electrons. The molecule has 1 aliphatic heterocycles. The van der Waals surface area contributed by atoms with Gasteiger partial charge in [0, 0.05) is 12.0 Å². The monoisotopic (exact) mass is 249 g/mol. The van der Waals surface area contributed by atoms with Crippen LogP contribution in [0.4, 0.5) is 5.69 Å². The van der Waals surface area contributed by atoms with Gasteiger partial charge in [0.25, 0.3) is 0 Å². The molecule has 0 saturated carbocycles. The van der Waals surface area contributed by atoms with Crippen LogP contribution < -0.4 is 14.2 Å². The van der Waals surface area contributed by atoms with Crippen molar-refractivity contribution in [2.75, 3.05) is 18.1 Å². The molecule has 4 nitrogen and oxygen atoms in total. The normalized spacial score (nSPS) is 14.7. The first-order valence-corrected chi connectivity index (χ1v) is 6.50. The van der Waals surface area contributed by atoms with Crippen LogP contribution in [-0.4, -0.2) is 19.1 Å². The molecule has 18 heavy (non-hydrogen) atoms. The number of hydrogen-bond donors (Lipinski definition) is 0. The third kappa shape index (κ3) is 2.19. The maximum Gasteiger partial charge on any atom is 0.392 e. The summed E-state index contributed by atoms with van der Waals surface area (Å²) in [5.41, 5.74) is 0.885. The lowest BCUT2D eigenvalue weighted by Crippen LogP contribution is -2.46. The number of aromatic nitrogens is 1. The summed E-state index contributed by atoms with van der Waals surface area (Å²) in [6, 6.07) is 4.23. The highest BCUT2D eigenvalue weighted by molar-refractivity contribution is 5.95. The summed E-state index contributed by atoms with van der Waals surface area (Å²) in [4.78, 5) is 14.0. The fraction of sp³-hybridized carbons (Fsp3) is 0.571. The largest absolute Gasteiger partial charge is 0.441 e. The average Bonchev–Trinajstić information content (AvgIpc) is 2.36. The lowest BCUT2D eigenvalue weighted by atomic mass is 10.1. The van der Waals surface area contributed by atoms with Crippen LogP contribution in [0.1, 0.15) is 33.7 Å². The van der Waals surface area contributed by atoms with Crippen LogP contribution in [0.3, 0.4) is 0 Å². The third-order valence-electron chi connectivity index (χ3n) is 3.12. The highest BCUT2D eigenvalue weighted by atomic mass is 16.5. The van der Waals surface area contributed by atoms with Gasteiger partial charge in [-0.25, -0.2) is 0 Å².